The molecule has 1 aliphatic rings. The predicted octanol–water partition coefficient (Wildman–Crippen LogP) is 2.18. The monoisotopic (exact) mass is 222 g/mol. The van der Waals surface area contributed by atoms with Gasteiger partial charge >= 0.3 is 0 Å². The summed E-state index contributed by atoms with van der Waals surface area (Å²) in [7, 11) is 6.16. The van der Waals surface area contributed by atoms with E-state index in [1.54, 1.807) is 0 Å². The lowest BCUT2D eigenvalue weighted by Gasteiger charge is -2.33. The maximum absolute atomic E-state index is 12.9. The highest BCUT2D eigenvalue weighted by Gasteiger charge is 2.49. The molecule has 1 unspecified atom stereocenters. The molecular formula is C13H19FN2. The van der Waals surface area contributed by atoms with E-state index >= 15 is 0 Å². The third-order valence-corrected chi connectivity index (χ3v) is 3.51. The molecule has 0 saturated heterocycles. The van der Waals surface area contributed by atoms with Crippen LogP contribution in [-0.4, -0.2) is 31.6 Å². The van der Waals surface area contributed by atoms with E-state index in [4.69, 9.17) is 0 Å². The highest BCUT2D eigenvalue weighted by atomic mass is 19.1. The van der Waals surface area contributed by atoms with Gasteiger partial charge in [-0.05, 0) is 51.7 Å². The molecular weight excluding hydrogens is 203 g/mol. The molecule has 1 aromatic rings. The highest BCUT2D eigenvalue weighted by Crippen LogP contribution is 2.47. The van der Waals surface area contributed by atoms with E-state index in [-0.39, 0.29) is 11.4 Å². The number of benzene rings is 1. The molecule has 1 aliphatic carbocycles. The molecule has 0 amide bonds. The molecule has 2 rings (SSSR count). The van der Waals surface area contributed by atoms with Crippen molar-refractivity contribution in [1.29, 1.82) is 0 Å². The molecule has 3 heteroatoms. The van der Waals surface area contributed by atoms with Crippen molar-refractivity contribution < 1.29 is 4.39 Å². The van der Waals surface area contributed by atoms with Crippen LogP contribution in [0.1, 0.15) is 24.4 Å². The lowest BCUT2D eigenvalue weighted by Crippen LogP contribution is -2.41. The summed E-state index contributed by atoms with van der Waals surface area (Å²) in [6, 6.07) is 7.17. The number of hydrogen-bond donors (Lipinski definition) is 1. The second kappa shape index (κ2) is 4.15. The Balaban J connectivity index is 2.30. The number of hydrogen-bond acceptors (Lipinski definition) is 2. The molecule has 1 atom stereocenters. The second-order valence-corrected chi connectivity index (χ2v) is 4.82. The van der Waals surface area contributed by atoms with Gasteiger partial charge in [0.25, 0.3) is 0 Å². The van der Waals surface area contributed by atoms with Crippen LogP contribution in [0.15, 0.2) is 24.3 Å². The van der Waals surface area contributed by atoms with Crippen molar-refractivity contribution in [3.8, 4) is 0 Å². The van der Waals surface area contributed by atoms with Crippen LogP contribution in [-0.2, 0) is 0 Å². The van der Waals surface area contributed by atoms with E-state index in [1.807, 2.05) is 19.2 Å². The largest absolute Gasteiger partial charge is 0.313 e. The van der Waals surface area contributed by atoms with E-state index in [0.717, 1.165) is 0 Å². The Hall–Kier alpha value is -0.930. The van der Waals surface area contributed by atoms with Gasteiger partial charge in [0.1, 0.15) is 5.82 Å². The van der Waals surface area contributed by atoms with Crippen LogP contribution in [0.5, 0.6) is 0 Å². The fraction of sp³-hybridized carbons (Fsp3) is 0.538. The first kappa shape index (κ1) is 11.6. The zero-order chi connectivity index (χ0) is 11.8. The van der Waals surface area contributed by atoms with Gasteiger partial charge in [-0.3, -0.25) is 0 Å². The van der Waals surface area contributed by atoms with Crippen molar-refractivity contribution in [2.75, 3.05) is 21.1 Å². The van der Waals surface area contributed by atoms with Gasteiger partial charge in [-0.15, -0.1) is 0 Å². The van der Waals surface area contributed by atoms with Crippen molar-refractivity contribution >= 4 is 0 Å². The van der Waals surface area contributed by atoms with Crippen LogP contribution in [0.3, 0.4) is 0 Å². The van der Waals surface area contributed by atoms with Crippen LogP contribution >= 0.6 is 0 Å². The average Bonchev–Trinajstić information content (AvgIpc) is 3.02. The van der Waals surface area contributed by atoms with Crippen LogP contribution in [0.25, 0.3) is 0 Å². The van der Waals surface area contributed by atoms with Crippen molar-refractivity contribution in [3.05, 3.63) is 35.6 Å². The standard InChI is InChI=1S/C13H19FN2/c1-15-13(8-9-13)12(16(2)3)10-4-6-11(14)7-5-10/h4-7,12,15H,8-9H2,1-3H3. The van der Waals surface area contributed by atoms with E-state index in [0.29, 0.717) is 6.04 Å². The van der Waals surface area contributed by atoms with Crippen molar-refractivity contribution in [2.45, 2.75) is 24.4 Å². The summed E-state index contributed by atoms with van der Waals surface area (Å²) in [6.45, 7) is 0. The predicted molar refractivity (Wildman–Crippen MR) is 63.9 cm³/mol. The van der Waals surface area contributed by atoms with Crippen molar-refractivity contribution in [3.63, 3.8) is 0 Å². The molecule has 1 N–H and O–H groups in total. The van der Waals surface area contributed by atoms with Gasteiger partial charge in [-0.1, -0.05) is 12.1 Å². The maximum atomic E-state index is 12.9. The van der Waals surface area contributed by atoms with Gasteiger partial charge in [-0.25, -0.2) is 4.39 Å². The van der Waals surface area contributed by atoms with Crippen LogP contribution in [0.2, 0.25) is 0 Å². The van der Waals surface area contributed by atoms with Gasteiger partial charge in [-0.2, -0.15) is 0 Å². The normalized spacial score (nSPS) is 19.8. The summed E-state index contributed by atoms with van der Waals surface area (Å²) in [5.41, 5.74) is 1.36. The van der Waals surface area contributed by atoms with Crippen LogP contribution in [0, 0.1) is 5.82 Å². The Morgan fingerprint density at radius 2 is 1.81 bits per heavy atom. The molecule has 0 aromatic heterocycles. The molecule has 0 aliphatic heterocycles. The fourth-order valence-electron chi connectivity index (χ4n) is 2.55. The molecule has 0 spiro atoms. The van der Waals surface area contributed by atoms with Crippen molar-refractivity contribution in [1.82, 2.24) is 10.2 Å². The molecule has 88 valence electrons. The first-order valence-electron chi connectivity index (χ1n) is 5.70. The summed E-state index contributed by atoms with van der Waals surface area (Å²) >= 11 is 0. The summed E-state index contributed by atoms with van der Waals surface area (Å²) < 4.78 is 12.9. The number of likely N-dealkylation sites (N-methyl/N-ethyl adjacent to an activating group) is 2. The second-order valence-electron chi connectivity index (χ2n) is 4.82. The Labute approximate surface area is 96.5 Å². The first-order valence-corrected chi connectivity index (χ1v) is 5.70. The number of rotatable bonds is 4. The third-order valence-electron chi connectivity index (χ3n) is 3.51. The smallest absolute Gasteiger partial charge is 0.123 e. The van der Waals surface area contributed by atoms with Gasteiger partial charge < -0.3 is 10.2 Å². The molecule has 2 nitrogen and oxygen atoms in total. The maximum Gasteiger partial charge on any atom is 0.123 e. The van der Waals surface area contributed by atoms with E-state index in [1.165, 1.54) is 30.5 Å². The minimum atomic E-state index is -0.171. The van der Waals surface area contributed by atoms with Crippen molar-refractivity contribution in [2.24, 2.45) is 0 Å². The van der Waals surface area contributed by atoms with Gasteiger partial charge in [0.05, 0.1) is 6.04 Å². The Morgan fingerprint density at radius 1 is 1.25 bits per heavy atom. The van der Waals surface area contributed by atoms with Gasteiger partial charge in [0.2, 0.25) is 0 Å². The lowest BCUT2D eigenvalue weighted by molar-refractivity contribution is 0.223. The fourth-order valence-corrected chi connectivity index (χ4v) is 2.55. The minimum Gasteiger partial charge on any atom is -0.313 e. The summed E-state index contributed by atoms with van der Waals surface area (Å²) in [6.07, 6.45) is 2.37. The minimum absolute atomic E-state index is 0.171. The van der Waals surface area contributed by atoms with E-state index in [9.17, 15) is 4.39 Å². The van der Waals surface area contributed by atoms with E-state index in [2.05, 4.69) is 24.3 Å². The Bertz CT molecular complexity index is 355. The van der Waals surface area contributed by atoms with Crippen LogP contribution < -0.4 is 5.32 Å². The third kappa shape index (κ3) is 1.97. The number of nitrogens with zero attached hydrogens (tertiary/aromatic N) is 1. The number of halogens is 1. The van der Waals surface area contributed by atoms with Gasteiger partial charge in [0, 0.05) is 5.54 Å². The lowest BCUT2D eigenvalue weighted by atomic mass is 9.96. The summed E-state index contributed by atoms with van der Waals surface area (Å²) in [5, 5.41) is 3.41. The van der Waals surface area contributed by atoms with Crippen LogP contribution in [0.4, 0.5) is 4.39 Å². The first-order chi connectivity index (χ1) is 7.59. The molecule has 16 heavy (non-hydrogen) atoms. The van der Waals surface area contributed by atoms with Gasteiger partial charge in [0.15, 0.2) is 0 Å². The average molecular weight is 222 g/mol. The topological polar surface area (TPSA) is 15.3 Å². The quantitative estimate of drug-likeness (QED) is 0.840. The highest BCUT2D eigenvalue weighted by molar-refractivity contribution is 5.27. The molecule has 0 radical (unpaired) electrons. The Kier molecular flexibility index (Phi) is 3.00. The zero-order valence-corrected chi connectivity index (χ0v) is 10.1. The molecule has 1 fully saturated rings. The summed E-state index contributed by atoms with van der Waals surface area (Å²) in [4.78, 5) is 2.21. The molecule has 1 aromatic carbocycles. The number of nitrogens with one attached hydrogen (secondary N) is 1. The molecule has 0 bridgehead atoms. The van der Waals surface area contributed by atoms with E-state index < -0.39 is 0 Å². The Morgan fingerprint density at radius 3 is 2.19 bits per heavy atom. The zero-order valence-electron chi connectivity index (χ0n) is 10.1. The SMILES string of the molecule is CNC1(C(c2ccc(F)cc2)N(C)C)CC1. The molecule has 1 saturated carbocycles. The summed E-state index contributed by atoms with van der Waals surface area (Å²) in [5.74, 6) is -0.171. The molecule has 0 heterocycles.